The number of carbonyl (C=O) groups is 4. The van der Waals surface area contributed by atoms with Crippen LogP contribution in [0.5, 0.6) is 0 Å². The molecule has 0 fully saturated rings. The molecule has 24 heavy (non-hydrogen) atoms. The van der Waals surface area contributed by atoms with E-state index >= 15 is 0 Å². The first kappa shape index (κ1) is 24.4. The van der Waals surface area contributed by atoms with Gasteiger partial charge in [-0.3, -0.25) is 9.59 Å². The van der Waals surface area contributed by atoms with Crippen molar-refractivity contribution in [2.24, 2.45) is 0 Å². The van der Waals surface area contributed by atoms with Crippen molar-refractivity contribution < 1.29 is 38.1 Å². The van der Waals surface area contributed by atoms with Gasteiger partial charge in [0.25, 0.3) is 0 Å². The van der Waals surface area contributed by atoms with Gasteiger partial charge >= 0.3 is 23.9 Å². The van der Waals surface area contributed by atoms with Crippen LogP contribution in [0.1, 0.15) is 40.5 Å². The van der Waals surface area contributed by atoms with Crippen molar-refractivity contribution >= 4 is 35.5 Å². The smallest absolute Gasteiger partial charge is 0.335 e. The third-order valence-electron chi connectivity index (χ3n) is 2.13. The first-order valence-corrected chi connectivity index (χ1v) is 8.06. The molecule has 0 bridgehead atoms. The Morgan fingerprint density at radius 2 is 0.958 bits per heavy atom. The zero-order valence-electron chi connectivity index (χ0n) is 14.5. The topological polar surface area (TPSA) is 105 Å². The Morgan fingerprint density at radius 1 is 0.667 bits per heavy atom. The van der Waals surface area contributed by atoms with Gasteiger partial charge in [-0.1, -0.05) is 11.6 Å². The van der Waals surface area contributed by atoms with Gasteiger partial charge in [0.05, 0.1) is 39.3 Å². The van der Waals surface area contributed by atoms with Crippen molar-refractivity contribution in [1.82, 2.24) is 0 Å². The molecule has 0 aromatic rings. The van der Waals surface area contributed by atoms with Crippen LogP contribution in [0.2, 0.25) is 0 Å². The quantitative estimate of drug-likeness (QED) is 0.261. The highest BCUT2D eigenvalue weighted by Gasteiger charge is 2.26. The van der Waals surface area contributed by atoms with Gasteiger partial charge in [0.2, 0.25) is 5.38 Å². The Kier molecular flexibility index (Phi) is 16.3. The number of hydrogen-bond donors (Lipinski definition) is 0. The lowest BCUT2D eigenvalue weighted by atomic mass is 10.3. The van der Waals surface area contributed by atoms with E-state index in [0.29, 0.717) is 13.2 Å². The number of esters is 4. The first-order chi connectivity index (χ1) is 11.3. The second-order valence-corrected chi connectivity index (χ2v) is 4.41. The molecule has 0 radical (unpaired) electrons. The van der Waals surface area contributed by atoms with E-state index in [0.717, 1.165) is 0 Å². The highest BCUT2D eigenvalue weighted by Crippen LogP contribution is 2.01. The van der Waals surface area contributed by atoms with E-state index in [2.05, 4.69) is 18.9 Å². The number of halogens is 1. The fourth-order valence-electron chi connectivity index (χ4n) is 1.20. The van der Waals surface area contributed by atoms with Crippen LogP contribution in [0.25, 0.3) is 0 Å². The van der Waals surface area contributed by atoms with Gasteiger partial charge in [0.1, 0.15) is 0 Å². The van der Waals surface area contributed by atoms with Gasteiger partial charge in [-0.25, -0.2) is 9.59 Å². The van der Waals surface area contributed by atoms with E-state index in [1.165, 1.54) is 0 Å². The molecule has 0 aliphatic carbocycles. The van der Waals surface area contributed by atoms with Gasteiger partial charge in [0, 0.05) is 0 Å². The molecule has 0 saturated heterocycles. The summed E-state index contributed by atoms with van der Waals surface area (Å²) < 4.78 is 18.2. The fraction of sp³-hybridized carbons (Fsp3) is 0.733. The van der Waals surface area contributed by atoms with E-state index in [-0.39, 0.29) is 38.0 Å². The highest BCUT2D eigenvalue weighted by atomic mass is 35.5. The minimum absolute atomic E-state index is 0.104. The van der Waals surface area contributed by atoms with E-state index in [4.69, 9.17) is 11.6 Å². The number of alkyl halides is 1. The maximum absolute atomic E-state index is 10.8. The van der Waals surface area contributed by atoms with E-state index in [1.807, 2.05) is 0 Å². The van der Waals surface area contributed by atoms with Crippen molar-refractivity contribution in [3.05, 3.63) is 0 Å². The molecule has 0 aromatic carbocycles. The third-order valence-corrected chi connectivity index (χ3v) is 2.49. The molecule has 140 valence electrons. The fourth-order valence-corrected chi connectivity index (χ4v) is 1.32. The second kappa shape index (κ2) is 16.0. The zero-order valence-corrected chi connectivity index (χ0v) is 15.2. The molecule has 0 aromatic heterocycles. The minimum Gasteiger partial charge on any atom is -0.466 e. The predicted molar refractivity (Wildman–Crippen MR) is 85.4 cm³/mol. The largest absolute Gasteiger partial charge is 0.466 e. The van der Waals surface area contributed by atoms with Crippen molar-refractivity contribution in [3.63, 3.8) is 0 Å². The Hall–Kier alpha value is -1.83. The highest BCUT2D eigenvalue weighted by molar-refractivity contribution is 6.39. The molecule has 0 amide bonds. The van der Waals surface area contributed by atoms with Crippen LogP contribution >= 0.6 is 11.6 Å². The van der Waals surface area contributed by atoms with Gasteiger partial charge in [-0.2, -0.15) is 0 Å². The standard InChI is InChI=1S/C8H14O4.C7H11ClO4/c1-3-11-7(9)5-6-8(10)12-4-2;1-3-11-6(9)5(8)7(10)12-4-2/h3-6H2,1-2H3;5H,3-4H2,1-2H3. The molecule has 0 aliphatic rings. The second-order valence-electron chi connectivity index (χ2n) is 3.98. The Bertz CT molecular complexity index is 361. The lowest BCUT2D eigenvalue weighted by Crippen LogP contribution is -2.28. The molecular formula is C15H25ClO8. The number of hydrogen-bond acceptors (Lipinski definition) is 8. The van der Waals surface area contributed by atoms with Crippen LogP contribution in [0.3, 0.4) is 0 Å². The van der Waals surface area contributed by atoms with Crippen LogP contribution in [-0.4, -0.2) is 55.7 Å². The van der Waals surface area contributed by atoms with Gasteiger partial charge in [-0.05, 0) is 27.7 Å². The summed E-state index contributed by atoms with van der Waals surface area (Å²) in [5.74, 6) is -2.24. The van der Waals surface area contributed by atoms with Crippen LogP contribution in [-0.2, 0) is 38.1 Å². The summed E-state index contributed by atoms with van der Waals surface area (Å²) in [6, 6.07) is 0. The maximum atomic E-state index is 10.8. The maximum Gasteiger partial charge on any atom is 0.335 e. The third kappa shape index (κ3) is 13.8. The van der Waals surface area contributed by atoms with Crippen LogP contribution in [0.4, 0.5) is 0 Å². The molecule has 0 rings (SSSR count). The van der Waals surface area contributed by atoms with Crippen LogP contribution in [0.15, 0.2) is 0 Å². The molecule has 0 saturated carbocycles. The number of ether oxygens (including phenoxy) is 4. The molecule has 8 nitrogen and oxygen atoms in total. The van der Waals surface area contributed by atoms with Crippen molar-refractivity contribution in [3.8, 4) is 0 Å². The molecular weight excluding hydrogens is 344 g/mol. The Morgan fingerprint density at radius 3 is 1.21 bits per heavy atom. The van der Waals surface area contributed by atoms with Gasteiger partial charge in [-0.15, -0.1) is 0 Å². The molecule has 0 unspecified atom stereocenters. The summed E-state index contributed by atoms with van der Waals surface area (Å²) >= 11 is 5.39. The van der Waals surface area contributed by atoms with Crippen LogP contribution in [0, 0.1) is 0 Å². The average Bonchev–Trinajstić information content (AvgIpc) is 2.54. The predicted octanol–water partition coefficient (Wildman–Crippen LogP) is 1.61. The SMILES string of the molecule is CCOC(=O)C(Cl)C(=O)OCC.CCOC(=O)CCC(=O)OCC. The normalized spacial score (nSPS) is 9.42. The van der Waals surface area contributed by atoms with Crippen molar-refractivity contribution in [1.29, 1.82) is 0 Å². The molecule has 0 N–H and O–H groups in total. The van der Waals surface area contributed by atoms with E-state index in [1.54, 1.807) is 27.7 Å². The Labute approximate surface area is 146 Å². The Balaban J connectivity index is 0. The number of carbonyl (C=O) groups excluding carboxylic acids is 4. The van der Waals surface area contributed by atoms with Gasteiger partial charge < -0.3 is 18.9 Å². The first-order valence-electron chi connectivity index (χ1n) is 7.62. The lowest BCUT2D eigenvalue weighted by Gasteiger charge is -2.06. The van der Waals surface area contributed by atoms with Crippen molar-refractivity contribution in [2.45, 2.75) is 45.9 Å². The van der Waals surface area contributed by atoms with Gasteiger partial charge in [0.15, 0.2) is 0 Å². The molecule has 0 aliphatic heterocycles. The lowest BCUT2D eigenvalue weighted by molar-refractivity contribution is -0.153. The summed E-state index contributed by atoms with van der Waals surface area (Å²) in [7, 11) is 0. The molecule has 0 spiro atoms. The molecule has 9 heteroatoms. The summed E-state index contributed by atoms with van der Waals surface area (Å²) in [5.41, 5.74) is 0. The van der Waals surface area contributed by atoms with E-state index < -0.39 is 17.3 Å². The summed E-state index contributed by atoms with van der Waals surface area (Å²) in [6.07, 6.45) is 0.208. The summed E-state index contributed by atoms with van der Waals surface area (Å²) in [6.45, 7) is 7.80. The van der Waals surface area contributed by atoms with Crippen LogP contribution < -0.4 is 0 Å². The zero-order chi connectivity index (χ0) is 19.0. The molecule has 0 heterocycles. The summed E-state index contributed by atoms with van der Waals surface area (Å²) in [5, 5.41) is -1.34. The molecule has 0 atom stereocenters. The summed E-state index contributed by atoms with van der Waals surface area (Å²) in [4.78, 5) is 43.1. The van der Waals surface area contributed by atoms with Crippen molar-refractivity contribution in [2.75, 3.05) is 26.4 Å². The number of rotatable bonds is 9. The monoisotopic (exact) mass is 368 g/mol. The average molecular weight is 369 g/mol. The van der Waals surface area contributed by atoms with E-state index in [9.17, 15) is 19.2 Å². The minimum atomic E-state index is -1.34.